The average molecular weight is 474 g/mol. The van der Waals surface area contributed by atoms with Gasteiger partial charge in [0.25, 0.3) is 0 Å². The molecule has 2 heterocycles. The quantitative estimate of drug-likeness (QED) is 0.381. The van der Waals surface area contributed by atoms with Crippen molar-refractivity contribution in [2.75, 3.05) is 5.01 Å². The molecule has 0 bridgehead atoms. The molecule has 10 nitrogen and oxygen atoms in total. The number of benzene rings is 2. The van der Waals surface area contributed by atoms with Crippen molar-refractivity contribution in [3.63, 3.8) is 0 Å². The predicted molar refractivity (Wildman–Crippen MR) is 113 cm³/mol. The fraction of sp³-hybridized carbons (Fsp3) is 0.100. The molecule has 2 aromatic carbocycles. The number of hydrogen-bond donors (Lipinski definition) is 1. The molecule has 0 spiro atoms. The minimum atomic E-state index is -0.688. The van der Waals surface area contributed by atoms with Gasteiger partial charge in [0.2, 0.25) is 11.0 Å². The van der Waals surface area contributed by atoms with Gasteiger partial charge in [0, 0.05) is 22.2 Å². The lowest BCUT2D eigenvalue weighted by molar-refractivity contribution is -0.464. The van der Waals surface area contributed by atoms with Crippen LogP contribution in [0.5, 0.6) is 0 Å². The van der Waals surface area contributed by atoms with Crippen molar-refractivity contribution in [2.24, 2.45) is 15.5 Å². The van der Waals surface area contributed by atoms with Gasteiger partial charge in [0.1, 0.15) is 5.70 Å². The van der Waals surface area contributed by atoms with E-state index in [2.05, 4.69) is 21.1 Å². The van der Waals surface area contributed by atoms with Crippen LogP contribution in [0.15, 0.2) is 86.8 Å². The number of hydrazine groups is 1. The number of halogens is 2. The molecule has 1 fully saturated rings. The highest BCUT2D eigenvalue weighted by Gasteiger charge is 2.39. The van der Waals surface area contributed by atoms with Crippen LogP contribution in [0.4, 0.5) is 11.4 Å². The maximum Gasteiger partial charge on any atom is 0.439 e. The lowest BCUT2D eigenvalue weighted by Crippen LogP contribution is -2.29. The minimum Gasteiger partial charge on any atom is -0.345 e. The number of azo groups is 1. The van der Waals surface area contributed by atoms with Gasteiger partial charge >= 0.3 is 17.6 Å². The van der Waals surface area contributed by atoms with Crippen molar-refractivity contribution in [3.05, 3.63) is 81.4 Å². The molecule has 1 N–H and O–H groups in total. The smallest absolute Gasteiger partial charge is 0.345 e. The van der Waals surface area contributed by atoms with E-state index in [1.807, 2.05) is 0 Å². The maximum absolute atomic E-state index is 12.3. The minimum absolute atomic E-state index is 0.0792. The van der Waals surface area contributed by atoms with E-state index in [4.69, 9.17) is 32.9 Å². The summed E-state index contributed by atoms with van der Waals surface area (Å²) in [5.74, 6) is -1.33. The molecule has 0 unspecified atom stereocenters. The first-order valence-electron chi connectivity index (χ1n) is 9.19. The summed E-state index contributed by atoms with van der Waals surface area (Å²) in [6.45, 7) is 3.16. The van der Waals surface area contributed by atoms with E-state index in [1.165, 1.54) is 9.71 Å². The predicted octanol–water partition coefficient (Wildman–Crippen LogP) is 4.96. The van der Waals surface area contributed by atoms with Crippen molar-refractivity contribution in [2.45, 2.75) is 13.8 Å². The Bertz CT molecular complexity index is 1220. The third kappa shape index (κ3) is 4.24. The molecule has 12 heteroatoms. The van der Waals surface area contributed by atoms with Crippen LogP contribution >= 0.6 is 23.2 Å². The van der Waals surface area contributed by atoms with Gasteiger partial charge in [0.15, 0.2) is 5.70 Å². The molecule has 4 rings (SSSR count). The summed E-state index contributed by atoms with van der Waals surface area (Å²) in [5.41, 5.74) is 4.35. The van der Waals surface area contributed by atoms with Crippen molar-refractivity contribution >= 4 is 46.5 Å². The topological polar surface area (TPSA) is 108 Å². The van der Waals surface area contributed by atoms with Crippen LogP contribution in [-0.2, 0) is 19.3 Å². The molecule has 1 saturated heterocycles. The Kier molecular flexibility index (Phi) is 5.99. The molecule has 0 atom stereocenters. The van der Waals surface area contributed by atoms with Gasteiger partial charge in [-0.1, -0.05) is 28.8 Å². The summed E-state index contributed by atoms with van der Waals surface area (Å²) >= 11 is 11.8. The molecule has 0 saturated carbocycles. The van der Waals surface area contributed by atoms with Gasteiger partial charge in [-0.25, -0.2) is 14.6 Å². The third-order valence-corrected chi connectivity index (χ3v) is 4.95. The molecule has 162 valence electrons. The van der Waals surface area contributed by atoms with E-state index in [0.717, 1.165) is 0 Å². The zero-order valence-corrected chi connectivity index (χ0v) is 18.3. The van der Waals surface area contributed by atoms with E-state index in [9.17, 15) is 9.59 Å². The first kappa shape index (κ1) is 21.6. The first-order valence-corrected chi connectivity index (χ1v) is 9.95. The molecule has 0 radical (unpaired) electrons. The lowest BCUT2D eigenvalue weighted by Gasteiger charge is -2.15. The molecule has 2 aliphatic rings. The van der Waals surface area contributed by atoms with Crippen molar-refractivity contribution in [3.8, 4) is 0 Å². The Morgan fingerprint density at radius 2 is 1.53 bits per heavy atom. The second-order valence-electron chi connectivity index (χ2n) is 6.61. The Morgan fingerprint density at radius 3 is 2.19 bits per heavy atom. The third-order valence-electron chi connectivity index (χ3n) is 4.45. The average Bonchev–Trinajstić information content (AvgIpc) is 3.35. The first-order chi connectivity index (χ1) is 15.3. The number of carbonyl (C=O) groups excluding carboxylic acids is 2. The van der Waals surface area contributed by atoms with E-state index < -0.39 is 11.9 Å². The maximum atomic E-state index is 12.3. The monoisotopic (exact) mass is 473 g/mol. The van der Waals surface area contributed by atoms with E-state index in [1.54, 1.807) is 62.4 Å². The molecular formula is C20H15Cl2N6O4+. The van der Waals surface area contributed by atoms with Crippen molar-refractivity contribution in [1.82, 2.24) is 5.59 Å². The van der Waals surface area contributed by atoms with Gasteiger partial charge in [-0.05, 0) is 54.9 Å². The molecule has 2 aromatic rings. The molecule has 0 amide bonds. The van der Waals surface area contributed by atoms with Gasteiger partial charge in [-0.2, -0.15) is 5.11 Å². The number of hydrogen-bond acceptors (Lipinski definition) is 9. The molecule has 32 heavy (non-hydrogen) atoms. The summed E-state index contributed by atoms with van der Waals surface area (Å²) in [6.07, 6.45) is 0. The van der Waals surface area contributed by atoms with E-state index in [0.29, 0.717) is 21.4 Å². The van der Waals surface area contributed by atoms with Crippen LogP contribution in [0.2, 0.25) is 10.0 Å². The van der Waals surface area contributed by atoms with E-state index in [-0.39, 0.29) is 22.8 Å². The molecule has 0 aliphatic carbocycles. The zero-order valence-electron chi connectivity index (χ0n) is 16.7. The highest BCUT2D eigenvalue weighted by molar-refractivity contribution is 6.30. The highest BCUT2D eigenvalue weighted by Crippen LogP contribution is 2.29. The molecular weight excluding hydrogens is 459 g/mol. The van der Waals surface area contributed by atoms with Gasteiger partial charge < -0.3 is 4.84 Å². The largest absolute Gasteiger partial charge is 0.439 e. The van der Waals surface area contributed by atoms with Crippen LogP contribution in [0.25, 0.3) is 0 Å². The van der Waals surface area contributed by atoms with Crippen LogP contribution in [-0.4, -0.2) is 16.6 Å². The van der Waals surface area contributed by atoms with Gasteiger partial charge in [-0.3, -0.25) is 4.84 Å². The van der Waals surface area contributed by atoms with Gasteiger partial charge in [0.05, 0.1) is 11.4 Å². The van der Waals surface area contributed by atoms with Gasteiger partial charge in [-0.15, -0.1) is 5.11 Å². The van der Waals surface area contributed by atoms with Crippen LogP contribution in [0.3, 0.4) is 0 Å². The standard InChI is InChI=1S/C20H15Cl2N6O4/c1-11(17-19(29)31-25-27(17)15-7-3-13(21)4-8-15)23-24-12(2)18-20(30)32-26-28(18)16-9-5-14(22)6-10-16/h3-10,25H,1-2H3/q+1/b17-11-,18-12+,24-23+. The number of anilines is 1. The van der Waals surface area contributed by atoms with Crippen LogP contribution < -0.4 is 10.6 Å². The number of rotatable bonds is 4. The summed E-state index contributed by atoms with van der Waals surface area (Å²) in [6, 6.07) is 13.4. The number of nitrogens with one attached hydrogen (secondary N) is 1. The molecule has 2 aliphatic heterocycles. The lowest BCUT2D eigenvalue weighted by atomic mass is 10.2. The summed E-state index contributed by atoms with van der Waals surface area (Å²) in [5, 5.41) is 14.5. The second kappa shape index (κ2) is 8.87. The number of allylic oxidation sites excluding steroid dienone is 2. The SMILES string of the molecule is CC(/N=N/C(C)=C1\C(=O)ON=[N+]1c1ccc(Cl)cc1)=C1\C(=O)ONN1c1ccc(Cl)cc1. The zero-order chi connectivity index (χ0) is 22.8. The second-order valence-corrected chi connectivity index (χ2v) is 7.48. The molecule has 0 aromatic heterocycles. The Hall–Kier alpha value is -3.60. The fourth-order valence-corrected chi connectivity index (χ4v) is 3.16. The van der Waals surface area contributed by atoms with Crippen molar-refractivity contribution in [1.29, 1.82) is 0 Å². The normalized spacial score (nSPS) is 19.2. The number of carbonyl (C=O) groups is 2. The van der Waals surface area contributed by atoms with Crippen LogP contribution in [0.1, 0.15) is 13.8 Å². The highest BCUT2D eigenvalue weighted by atomic mass is 35.5. The van der Waals surface area contributed by atoms with Crippen molar-refractivity contribution < 1.29 is 24.0 Å². The van der Waals surface area contributed by atoms with Crippen LogP contribution in [0, 0.1) is 0 Å². The van der Waals surface area contributed by atoms with E-state index >= 15 is 0 Å². The Balaban J connectivity index is 1.66. The Labute approximate surface area is 191 Å². The number of nitrogens with zero attached hydrogens (tertiary/aromatic N) is 5. The summed E-state index contributed by atoms with van der Waals surface area (Å²) in [4.78, 5) is 34.2. The fourth-order valence-electron chi connectivity index (χ4n) is 2.91. The summed E-state index contributed by atoms with van der Waals surface area (Å²) in [7, 11) is 0. The Morgan fingerprint density at radius 1 is 0.938 bits per heavy atom. The summed E-state index contributed by atoms with van der Waals surface area (Å²) < 4.78 is 1.29.